The summed E-state index contributed by atoms with van der Waals surface area (Å²) in [5, 5.41) is 1.28. The van der Waals surface area contributed by atoms with Crippen molar-refractivity contribution in [1.29, 1.82) is 0 Å². The first-order chi connectivity index (χ1) is 7.12. The van der Waals surface area contributed by atoms with E-state index in [1.807, 2.05) is 6.07 Å². The fourth-order valence-electron chi connectivity index (χ4n) is 1.81. The molecule has 0 fully saturated rings. The summed E-state index contributed by atoms with van der Waals surface area (Å²) in [6.07, 6.45) is 8.48. The number of hydrogen-bond acceptors (Lipinski definition) is 0. The van der Waals surface area contributed by atoms with Crippen LogP contribution in [-0.4, -0.2) is 4.98 Å². The zero-order valence-corrected chi connectivity index (χ0v) is 9.17. The van der Waals surface area contributed by atoms with Gasteiger partial charge in [0.25, 0.3) is 0 Å². The van der Waals surface area contributed by atoms with Crippen LogP contribution in [0.5, 0.6) is 0 Å². The van der Waals surface area contributed by atoms with E-state index in [2.05, 4.69) is 49.1 Å². The molecule has 0 aliphatic carbocycles. The van der Waals surface area contributed by atoms with Gasteiger partial charge in [-0.1, -0.05) is 18.2 Å². The number of aromatic amines is 1. The van der Waals surface area contributed by atoms with Gasteiger partial charge in [0.15, 0.2) is 0 Å². The third-order valence-corrected chi connectivity index (χ3v) is 2.70. The Hall–Kier alpha value is -1.68. The van der Waals surface area contributed by atoms with E-state index < -0.39 is 0 Å². The molecule has 2 aromatic rings. The summed E-state index contributed by atoms with van der Waals surface area (Å²) >= 11 is 0. The molecule has 0 unspecified atom stereocenters. The summed E-state index contributed by atoms with van der Waals surface area (Å²) in [5.41, 5.74) is 2.40. The number of fused-ring (bicyclic) bond motifs is 1. The summed E-state index contributed by atoms with van der Waals surface area (Å²) in [6.45, 7) is 4.18. The molecular weight excluding hydrogens is 182 g/mol. The van der Waals surface area contributed by atoms with Crippen LogP contribution in [0.4, 0.5) is 0 Å². The maximum atomic E-state index is 5.51. The predicted molar refractivity (Wildman–Crippen MR) is 64.6 cm³/mol. The van der Waals surface area contributed by atoms with Crippen LogP contribution in [0, 0.1) is 17.8 Å². The van der Waals surface area contributed by atoms with Crippen molar-refractivity contribution in [3.63, 3.8) is 0 Å². The van der Waals surface area contributed by atoms with E-state index in [9.17, 15) is 0 Å². The van der Waals surface area contributed by atoms with Gasteiger partial charge in [-0.2, -0.15) is 0 Å². The van der Waals surface area contributed by atoms with Gasteiger partial charge in [-0.15, -0.1) is 12.3 Å². The minimum absolute atomic E-state index is 0.0784. The fraction of sp³-hybridized carbons (Fsp3) is 0.286. The Morgan fingerprint density at radius 2 is 2.07 bits per heavy atom. The van der Waals surface area contributed by atoms with E-state index in [4.69, 9.17) is 6.42 Å². The molecule has 1 heterocycles. The summed E-state index contributed by atoms with van der Waals surface area (Å²) in [7, 11) is 0. The highest BCUT2D eigenvalue weighted by Crippen LogP contribution is 2.26. The molecule has 0 spiro atoms. The standard InChI is InChI=1S/C14H15N/c1-4-14(2,3)9-11-10-15-13-8-6-5-7-12(11)13/h1,5-8,10,15H,9H2,2-3H3. The Bertz CT molecular complexity index is 511. The first kappa shape index (κ1) is 9.86. The lowest BCUT2D eigenvalue weighted by atomic mass is 9.87. The van der Waals surface area contributed by atoms with E-state index in [1.165, 1.54) is 16.5 Å². The van der Waals surface area contributed by atoms with Gasteiger partial charge >= 0.3 is 0 Å². The highest BCUT2D eigenvalue weighted by atomic mass is 14.7. The summed E-state index contributed by atoms with van der Waals surface area (Å²) in [5.74, 6) is 2.83. The van der Waals surface area contributed by atoms with Gasteiger partial charge < -0.3 is 4.98 Å². The molecule has 0 aliphatic heterocycles. The van der Waals surface area contributed by atoms with Gasteiger partial charge in [-0.05, 0) is 31.9 Å². The van der Waals surface area contributed by atoms with Crippen LogP contribution in [0.15, 0.2) is 30.5 Å². The van der Waals surface area contributed by atoms with Crippen LogP contribution in [0.2, 0.25) is 0 Å². The van der Waals surface area contributed by atoms with E-state index in [0.29, 0.717) is 0 Å². The highest BCUT2D eigenvalue weighted by molar-refractivity contribution is 5.83. The minimum atomic E-state index is -0.0784. The number of H-pyrrole nitrogens is 1. The molecule has 76 valence electrons. The largest absolute Gasteiger partial charge is 0.361 e. The van der Waals surface area contributed by atoms with Crippen molar-refractivity contribution in [1.82, 2.24) is 4.98 Å². The lowest BCUT2D eigenvalue weighted by molar-refractivity contribution is 0.503. The maximum Gasteiger partial charge on any atom is 0.0456 e. The highest BCUT2D eigenvalue weighted by Gasteiger charge is 2.16. The van der Waals surface area contributed by atoms with Gasteiger partial charge in [0, 0.05) is 22.5 Å². The van der Waals surface area contributed by atoms with E-state index in [1.54, 1.807) is 0 Å². The first-order valence-electron chi connectivity index (χ1n) is 5.15. The van der Waals surface area contributed by atoms with Crippen molar-refractivity contribution in [2.75, 3.05) is 0 Å². The normalized spacial score (nSPS) is 11.5. The van der Waals surface area contributed by atoms with Crippen LogP contribution in [-0.2, 0) is 6.42 Å². The number of terminal acetylenes is 1. The van der Waals surface area contributed by atoms with Crippen molar-refractivity contribution < 1.29 is 0 Å². The first-order valence-corrected chi connectivity index (χ1v) is 5.15. The maximum absolute atomic E-state index is 5.51. The van der Waals surface area contributed by atoms with Gasteiger partial charge in [0.05, 0.1) is 0 Å². The van der Waals surface area contributed by atoms with Crippen LogP contribution >= 0.6 is 0 Å². The Morgan fingerprint density at radius 1 is 1.33 bits per heavy atom. The number of para-hydroxylation sites is 1. The molecule has 0 saturated carbocycles. The smallest absolute Gasteiger partial charge is 0.0456 e. The van der Waals surface area contributed by atoms with Crippen LogP contribution in [0.1, 0.15) is 19.4 Å². The molecule has 2 rings (SSSR count). The molecule has 1 heteroatoms. The third kappa shape index (κ3) is 1.89. The Labute approximate surface area is 90.5 Å². The second kappa shape index (κ2) is 3.47. The molecule has 0 bridgehead atoms. The molecule has 0 saturated heterocycles. The second-order valence-corrected chi connectivity index (χ2v) is 4.56. The van der Waals surface area contributed by atoms with Crippen molar-refractivity contribution >= 4 is 10.9 Å². The average Bonchev–Trinajstić information content (AvgIpc) is 2.62. The quantitative estimate of drug-likeness (QED) is 0.710. The monoisotopic (exact) mass is 197 g/mol. The topological polar surface area (TPSA) is 15.8 Å². The second-order valence-electron chi connectivity index (χ2n) is 4.56. The van der Waals surface area contributed by atoms with Crippen LogP contribution < -0.4 is 0 Å². The number of benzene rings is 1. The average molecular weight is 197 g/mol. The minimum Gasteiger partial charge on any atom is -0.361 e. The lowest BCUT2D eigenvalue weighted by Gasteiger charge is -2.16. The SMILES string of the molecule is C#CC(C)(C)Cc1c[nH]c2ccccc12. The van der Waals surface area contributed by atoms with Crippen molar-refractivity contribution in [3.05, 3.63) is 36.0 Å². The summed E-state index contributed by atoms with van der Waals surface area (Å²) in [6, 6.07) is 8.31. The van der Waals surface area contributed by atoms with E-state index in [0.717, 1.165) is 6.42 Å². The van der Waals surface area contributed by atoms with E-state index >= 15 is 0 Å². The molecule has 1 nitrogen and oxygen atoms in total. The Kier molecular flexibility index (Phi) is 2.28. The van der Waals surface area contributed by atoms with E-state index in [-0.39, 0.29) is 5.41 Å². The Balaban J connectivity index is 2.42. The van der Waals surface area contributed by atoms with Gasteiger partial charge in [-0.25, -0.2) is 0 Å². The number of nitrogens with one attached hydrogen (secondary N) is 1. The van der Waals surface area contributed by atoms with Gasteiger partial charge in [0.2, 0.25) is 0 Å². The van der Waals surface area contributed by atoms with Crippen molar-refractivity contribution in [3.8, 4) is 12.3 Å². The molecule has 1 aromatic heterocycles. The fourth-order valence-corrected chi connectivity index (χ4v) is 1.81. The number of aromatic nitrogens is 1. The van der Waals surface area contributed by atoms with Crippen LogP contribution in [0.25, 0.3) is 10.9 Å². The molecule has 0 radical (unpaired) electrons. The molecule has 0 aliphatic rings. The zero-order chi connectivity index (χ0) is 10.9. The number of rotatable bonds is 2. The van der Waals surface area contributed by atoms with Crippen molar-refractivity contribution in [2.45, 2.75) is 20.3 Å². The Morgan fingerprint density at radius 3 is 2.80 bits per heavy atom. The summed E-state index contributed by atoms with van der Waals surface area (Å²) in [4.78, 5) is 3.27. The van der Waals surface area contributed by atoms with Gasteiger partial charge in [-0.3, -0.25) is 0 Å². The molecule has 15 heavy (non-hydrogen) atoms. The zero-order valence-electron chi connectivity index (χ0n) is 9.17. The van der Waals surface area contributed by atoms with Gasteiger partial charge in [0.1, 0.15) is 0 Å². The molecule has 0 amide bonds. The van der Waals surface area contributed by atoms with Crippen LogP contribution in [0.3, 0.4) is 0 Å². The van der Waals surface area contributed by atoms with Crippen molar-refractivity contribution in [2.24, 2.45) is 5.41 Å². The summed E-state index contributed by atoms with van der Waals surface area (Å²) < 4.78 is 0. The molecule has 0 atom stereocenters. The third-order valence-electron chi connectivity index (χ3n) is 2.70. The molecular formula is C14H15N. The molecule has 1 aromatic carbocycles. The lowest BCUT2D eigenvalue weighted by Crippen LogP contribution is -2.11. The predicted octanol–water partition coefficient (Wildman–Crippen LogP) is 3.37. The molecule has 1 N–H and O–H groups in total. The number of hydrogen-bond donors (Lipinski definition) is 1.